The number of hydrogen-bond donors (Lipinski definition) is 2. The Morgan fingerprint density at radius 1 is 1.50 bits per heavy atom. The van der Waals surface area contributed by atoms with E-state index in [1.165, 1.54) is 0 Å². The van der Waals surface area contributed by atoms with E-state index < -0.39 is 0 Å². The van der Waals surface area contributed by atoms with Crippen LogP contribution in [0.15, 0.2) is 24.3 Å². The molecule has 1 aromatic rings. The number of hydrogen-bond acceptors (Lipinski definition) is 3. The highest BCUT2D eigenvalue weighted by atomic mass is 16.5. The molecule has 0 spiro atoms. The number of benzene rings is 1. The van der Waals surface area contributed by atoms with E-state index >= 15 is 0 Å². The minimum atomic E-state index is 0.0700. The van der Waals surface area contributed by atoms with Crippen molar-refractivity contribution in [2.24, 2.45) is 0 Å². The summed E-state index contributed by atoms with van der Waals surface area (Å²) >= 11 is 0. The fraction of sp³-hybridized carbons (Fsp3) is 0.500. The normalized spacial score (nSPS) is 22.9. The van der Waals surface area contributed by atoms with E-state index in [0.29, 0.717) is 12.8 Å². The monoisotopic (exact) mass is 248 g/mol. The van der Waals surface area contributed by atoms with Gasteiger partial charge in [-0.3, -0.25) is 4.79 Å². The standard InChI is InChI=1S/C14H20N2O2/c1-10-13(8-9-18-10)16-14(17)7-6-11-4-2-3-5-12(11)15/h2-5,10,13H,6-9,15H2,1H3,(H,16,17). The molecule has 3 N–H and O–H groups in total. The summed E-state index contributed by atoms with van der Waals surface area (Å²) in [5.74, 6) is 0.0700. The van der Waals surface area contributed by atoms with E-state index in [-0.39, 0.29) is 18.1 Å². The molecule has 0 aliphatic carbocycles. The molecule has 4 heteroatoms. The molecule has 0 aromatic heterocycles. The smallest absolute Gasteiger partial charge is 0.220 e. The van der Waals surface area contributed by atoms with Gasteiger partial charge < -0.3 is 15.8 Å². The summed E-state index contributed by atoms with van der Waals surface area (Å²) in [6, 6.07) is 7.82. The second-order valence-electron chi connectivity index (χ2n) is 4.74. The van der Waals surface area contributed by atoms with Gasteiger partial charge in [0.15, 0.2) is 0 Å². The summed E-state index contributed by atoms with van der Waals surface area (Å²) < 4.78 is 5.41. The van der Waals surface area contributed by atoms with Gasteiger partial charge in [-0.05, 0) is 31.4 Å². The van der Waals surface area contributed by atoms with Gasteiger partial charge in [-0.15, -0.1) is 0 Å². The molecule has 98 valence electrons. The predicted octanol–water partition coefficient (Wildman–Crippen LogP) is 1.49. The Morgan fingerprint density at radius 2 is 2.28 bits per heavy atom. The summed E-state index contributed by atoms with van der Waals surface area (Å²) in [6.45, 7) is 2.73. The predicted molar refractivity (Wildman–Crippen MR) is 71.1 cm³/mol. The Morgan fingerprint density at radius 3 is 2.94 bits per heavy atom. The van der Waals surface area contributed by atoms with Crippen molar-refractivity contribution in [3.63, 3.8) is 0 Å². The molecule has 2 rings (SSSR count). The highest BCUT2D eigenvalue weighted by Crippen LogP contribution is 2.14. The molecule has 1 amide bonds. The maximum Gasteiger partial charge on any atom is 0.220 e. The Bertz CT molecular complexity index is 420. The SMILES string of the molecule is CC1OCCC1NC(=O)CCc1ccccc1N. The molecule has 1 heterocycles. The van der Waals surface area contributed by atoms with Crippen molar-refractivity contribution >= 4 is 11.6 Å². The number of anilines is 1. The van der Waals surface area contributed by atoms with Crippen LogP contribution in [0.25, 0.3) is 0 Å². The molecule has 0 saturated carbocycles. The van der Waals surface area contributed by atoms with Crippen molar-refractivity contribution in [3.05, 3.63) is 29.8 Å². The van der Waals surface area contributed by atoms with Gasteiger partial charge in [0.2, 0.25) is 5.91 Å². The molecule has 4 nitrogen and oxygen atoms in total. The number of nitrogens with two attached hydrogens (primary N) is 1. The topological polar surface area (TPSA) is 64.3 Å². The molecule has 1 saturated heterocycles. The number of carbonyl (C=O) groups is 1. The van der Waals surface area contributed by atoms with Gasteiger partial charge >= 0.3 is 0 Å². The Kier molecular flexibility index (Phi) is 4.20. The zero-order chi connectivity index (χ0) is 13.0. The Balaban J connectivity index is 1.80. The summed E-state index contributed by atoms with van der Waals surface area (Å²) in [4.78, 5) is 11.8. The fourth-order valence-corrected chi connectivity index (χ4v) is 2.21. The molecule has 2 atom stereocenters. The summed E-state index contributed by atoms with van der Waals surface area (Å²) in [5.41, 5.74) is 7.62. The zero-order valence-electron chi connectivity index (χ0n) is 10.7. The third-order valence-electron chi connectivity index (χ3n) is 3.40. The van der Waals surface area contributed by atoms with Crippen LogP contribution < -0.4 is 11.1 Å². The number of ether oxygens (including phenoxy) is 1. The minimum absolute atomic E-state index is 0.0700. The van der Waals surface area contributed by atoms with Crippen LogP contribution in [-0.4, -0.2) is 24.7 Å². The average molecular weight is 248 g/mol. The van der Waals surface area contributed by atoms with Crippen molar-refractivity contribution in [1.29, 1.82) is 0 Å². The van der Waals surface area contributed by atoms with Crippen LogP contribution in [0.2, 0.25) is 0 Å². The lowest BCUT2D eigenvalue weighted by Crippen LogP contribution is -2.39. The highest BCUT2D eigenvalue weighted by molar-refractivity contribution is 5.76. The number of amides is 1. The van der Waals surface area contributed by atoms with E-state index in [0.717, 1.165) is 24.3 Å². The first-order valence-corrected chi connectivity index (χ1v) is 6.41. The fourth-order valence-electron chi connectivity index (χ4n) is 2.21. The molecule has 1 aliphatic rings. The number of nitrogen functional groups attached to an aromatic ring is 1. The van der Waals surface area contributed by atoms with Gasteiger partial charge in [-0.2, -0.15) is 0 Å². The molecular formula is C14H20N2O2. The number of carbonyl (C=O) groups excluding carboxylic acids is 1. The van der Waals surface area contributed by atoms with Crippen molar-refractivity contribution in [3.8, 4) is 0 Å². The first-order valence-electron chi connectivity index (χ1n) is 6.41. The lowest BCUT2D eigenvalue weighted by molar-refractivity contribution is -0.122. The van der Waals surface area contributed by atoms with Crippen molar-refractivity contribution in [2.75, 3.05) is 12.3 Å². The van der Waals surface area contributed by atoms with Crippen LogP contribution in [0.5, 0.6) is 0 Å². The maximum atomic E-state index is 11.8. The van der Waals surface area contributed by atoms with Crippen molar-refractivity contribution < 1.29 is 9.53 Å². The highest BCUT2D eigenvalue weighted by Gasteiger charge is 2.25. The van der Waals surface area contributed by atoms with Gasteiger partial charge in [0, 0.05) is 18.7 Å². The minimum Gasteiger partial charge on any atom is -0.399 e. The Labute approximate surface area is 108 Å². The van der Waals surface area contributed by atoms with Gasteiger partial charge in [0.05, 0.1) is 12.1 Å². The van der Waals surface area contributed by atoms with Crippen LogP contribution in [0, 0.1) is 0 Å². The lowest BCUT2D eigenvalue weighted by atomic mass is 10.1. The maximum absolute atomic E-state index is 11.8. The van der Waals surface area contributed by atoms with Crippen LogP contribution in [0.3, 0.4) is 0 Å². The number of aryl methyl sites for hydroxylation is 1. The molecule has 0 radical (unpaired) electrons. The van der Waals surface area contributed by atoms with Crippen molar-refractivity contribution in [2.45, 2.75) is 38.3 Å². The number of nitrogens with one attached hydrogen (secondary N) is 1. The third kappa shape index (κ3) is 3.23. The largest absolute Gasteiger partial charge is 0.399 e. The summed E-state index contributed by atoms with van der Waals surface area (Å²) in [5, 5.41) is 3.01. The number of rotatable bonds is 4. The van der Waals surface area contributed by atoms with Crippen LogP contribution >= 0.6 is 0 Å². The van der Waals surface area contributed by atoms with Gasteiger partial charge in [0.1, 0.15) is 0 Å². The van der Waals surface area contributed by atoms with Gasteiger partial charge in [-0.25, -0.2) is 0 Å². The summed E-state index contributed by atoms with van der Waals surface area (Å²) in [7, 11) is 0. The molecule has 1 fully saturated rings. The molecule has 18 heavy (non-hydrogen) atoms. The molecule has 0 bridgehead atoms. The second kappa shape index (κ2) is 5.87. The summed E-state index contributed by atoms with van der Waals surface area (Å²) in [6.07, 6.45) is 2.17. The van der Waals surface area contributed by atoms with Crippen molar-refractivity contribution in [1.82, 2.24) is 5.32 Å². The van der Waals surface area contributed by atoms with E-state index in [2.05, 4.69) is 5.32 Å². The van der Waals surface area contributed by atoms with Gasteiger partial charge in [-0.1, -0.05) is 18.2 Å². The van der Waals surface area contributed by atoms with Crippen LogP contribution in [0.1, 0.15) is 25.3 Å². The first-order chi connectivity index (χ1) is 8.66. The zero-order valence-corrected chi connectivity index (χ0v) is 10.7. The van der Waals surface area contributed by atoms with Crippen LogP contribution in [-0.2, 0) is 16.0 Å². The van der Waals surface area contributed by atoms with Crippen LogP contribution in [0.4, 0.5) is 5.69 Å². The van der Waals surface area contributed by atoms with E-state index in [1.807, 2.05) is 31.2 Å². The van der Waals surface area contributed by atoms with E-state index in [1.54, 1.807) is 0 Å². The van der Waals surface area contributed by atoms with E-state index in [4.69, 9.17) is 10.5 Å². The lowest BCUT2D eigenvalue weighted by Gasteiger charge is -2.16. The molecule has 2 unspecified atom stereocenters. The average Bonchev–Trinajstić information content (AvgIpc) is 2.74. The Hall–Kier alpha value is -1.55. The molecule has 1 aromatic carbocycles. The third-order valence-corrected chi connectivity index (χ3v) is 3.40. The van der Waals surface area contributed by atoms with E-state index in [9.17, 15) is 4.79 Å². The van der Waals surface area contributed by atoms with Gasteiger partial charge in [0.25, 0.3) is 0 Å². The number of para-hydroxylation sites is 1. The quantitative estimate of drug-likeness (QED) is 0.794. The first kappa shape index (κ1) is 12.9. The molecule has 1 aliphatic heterocycles. The molecular weight excluding hydrogens is 228 g/mol. The second-order valence-corrected chi connectivity index (χ2v) is 4.74.